The molecule has 4 aromatic rings. The first kappa shape index (κ1) is 51.7. The molecule has 10 rings (SSSR count). The molecule has 0 saturated carbocycles. The number of alkyl halides is 2. The minimum absolute atomic E-state index is 0.0307. The van der Waals surface area contributed by atoms with Crippen molar-refractivity contribution in [2.24, 2.45) is 16.7 Å². The Morgan fingerprint density at radius 2 is 1.82 bits per heavy atom. The number of benzene rings is 1. The van der Waals surface area contributed by atoms with Crippen molar-refractivity contribution in [3.8, 4) is 22.5 Å². The number of hydrogen-bond acceptors (Lipinski definition) is 13. The number of carbonyl (C=O) groups is 4. The minimum Gasteiger partial charge on any atom is -0.375 e. The minimum atomic E-state index is -2.19. The third kappa shape index (κ3) is 9.87. The van der Waals surface area contributed by atoms with Crippen LogP contribution >= 0.6 is 22.9 Å². The molecule has 4 saturated heterocycles. The Bertz CT molecular complexity index is 2770. The number of anilines is 1. The van der Waals surface area contributed by atoms with Gasteiger partial charge in [0.15, 0.2) is 6.29 Å². The monoisotopic (exact) mass is 1040 g/mol. The Morgan fingerprint density at radius 3 is 2.55 bits per heavy atom. The van der Waals surface area contributed by atoms with Gasteiger partial charge in [-0.3, -0.25) is 29.2 Å². The first-order chi connectivity index (χ1) is 34.8. The topological polar surface area (TPSA) is 178 Å². The number of aliphatic hydroxyl groups excluding tert-OH is 1. The normalized spacial score (nSPS) is 24.7. The second-order valence-electron chi connectivity index (χ2n) is 22.4. The number of pyridine rings is 1. The quantitative estimate of drug-likeness (QED) is 0.185. The SMILES string of the molecule is CO[C@@H](C)c1ncc(N2CCN(C)CC2)cc1-c1c2c3cc(cc4c3n1CCC4)-c1csc(n1)C[C@H](NC(=O)[C@H](C(C)C)N1CCC3(CN(C(=O)[C@H](F)Cl)C3)C1=O)C(=O)N1CCC[C@H](N1)C(O)OCC(C)(C)C2. The van der Waals surface area contributed by atoms with E-state index in [1.165, 1.54) is 37.9 Å². The molecule has 6 bridgehead atoms. The van der Waals surface area contributed by atoms with Crippen LogP contribution in [0.4, 0.5) is 10.1 Å². The predicted molar refractivity (Wildman–Crippen MR) is 277 cm³/mol. The second kappa shape index (κ2) is 20.4. The van der Waals surface area contributed by atoms with Crippen LogP contribution in [0.1, 0.15) is 88.2 Å². The van der Waals surface area contributed by atoms with Gasteiger partial charge in [-0.25, -0.2) is 14.8 Å². The molecule has 0 aliphatic carbocycles. The molecule has 1 aromatic carbocycles. The fourth-order valence-electron chi connectivity index (χ4n) is 12.1. The molecule has 3 aromatic heterocycles. The van der Waals surface area contributed by atoms with Crippen LogP contribution in [-0.2, 0) is 54.5 Å². The zero-order valence-corrected chi connectivity index (χ0v) is 44.7. The number of likely N-dealkylation sites (N-methyl/N-ethyl adjacent to an activating group) is 1. The van der Waals surface area contributed by atoms with E-state index in [0.717, 1.165) is 84.8 Å². The molecule has 4 amide bonds. The number of halogens is 2. The number of aromatic nitrogens is 3. The Morgan fingerprint density at radius 1 is 1.05 bits per heavy atom. The van der Waals surface area contributed by atoms with Crippen molar-refractivity contribution < 1.29 is 38.1 Å². The van der Waals surface area contributed by atoms with Crippen LogP contribution in [0.5, 0.6) is 0 Å². The van der Waals surface area contributed by atoms with Gasteiger partial charge in [-0.05, 0) is 93.2 Å². The molecule has 9 heterocycles. The van der Waals surface area contributed by atoms with E-state index >= 15 is 0 Å². The molecular weight excluding hydrogens is 975 g/mol. The third-order valence-electron chi connectivity index (χ3n) is 16.2. The summed E-state index contributed by atoms with van der Waals surface area (Å²) in [5.74, 6) is -2.38. The van der Waals surface area contributed by atoms with Crippen molar-refractivity contribution in [2.45, 2.75) is 122 Å². The highest BCUT2D eigenvalue weighted by atomic mass is 35.5. The van der Waals surface area contributed by atoms with Gasteiger partial charge in [0.2, 0.25) is 11.8 Å². The lowest BCUT2D eigenvalue weighted by Crippen LogP contribution is -2.64. The van der Waals surface area contributed by atoms with E-state index in [9.17, 15) is 28.7 Å². The number of rotatable bonds is 9. The molecule has 4 fully saturated rings. The standard InChI is InChI=1S/C53H70ClFN10O7S/c1-30(2)43(64-15-12-53(51(64)70)27-62(28-53)49(68)46(54)55)47(66)58-39-23-41-57-40(26-73-41)33-20-32-10-8-13-63-44(32)35(21-33)37(24-52(4,5)29-72-50(69)38-11-9-14-65(59-38)48(39)67)45(63)36-22-34(25-56-42(36)31(3)71-7)61-18-16-60(6)17-19-61/h20-22,25-26,30-31,38-39,43,46,50,59,69H,8-19,23-24,27-29H2,1-7H3,(H,58,66)/t31-,38-,39-,43-,46-,50?/m0/s1. The van der Waals surface area contributed by atoms with Gasteiger partial charge in [0.25, 0.3) is 17.4 Å². The van der Waals surface area contributed by atoms with E-state index in [1.807, 2.05) is 25.4 Å². The molecule has 17 nitrogen and oxygen atoms in total. The maximum Gasteiger partial charge on any atom is 0.272 e. The summed E-state index contributed by atoms with van der Waals surface area (Å²) in [7, 11) is 3.89. The Labute approximate surface area is 435 Å². The molecular formula is C53H70ClFN10O7S. The summed E-state index contributed by atoms with van der Waals surface area (Å²) in [6.07, 6.45) is 4.52. The van der Waals surface area contributed by atoms with Crippen molar-refractivity contribution >= 4 is 63.2 Å². The number of nitrogens with zero attached hydrogens (tertiary/aromatic N) is 8. The fourth-order valence-corrected chi connectivity index (χ4v) is 13.1. The number of carbonyl (C=O) groups excluding carboxylic acids is 4. The molecule has 6 atom stereocenters. The van der Waals surface area contributed by atoms with Gasteiger partial charge in [0, 0.05) is 94.3 Å². The van der Waals surface area contributed by atoms with E-state index in [1.54, 1.807) is 12.0 Å². The van der Waals surface area contributed by atoms with E-state index in [0.29, 0.717) is 37.2 Å². The van der Waals surface area contributed by atoms with Crippen LogP contribution in [0.25, 0.3) is 33.4 Å². The molecule has 0 radical (unpaired) electrons. The summed E-state index contributed by atoms with van der Waals surface area (Å²) >= 11 is 6.87. The molecule has 394 valence electrons. The van der Waals surface area contributed by atoms with Gasteiger partial charge in [-0.2, -0.15) is 0 Å². The van der Waals surface area contributed by atoms with Crippen molar-refractivity contribution in [2.75, 3.05) is 78.0 Å². The van der Waals surface area contributed by atoms with E-state index in [4.69, 9.17) is 31.0 Å². The second-order valence-corrected chi connectivity index (χ2v) is 23.7. The van der Waals surface area contributed by atoms with Crippen LogP contribution in [0.15, 0.2) is 29.8 Å². The number of hydrazine groups is 1. The number of methoxy groups -OCH3 is 1. The van der Waals surface area contributed by atoms with Crippen molar-refractivity contribution in [3.63, 3.8) is 0 Å². The van der Waals surface area contributed by atoms with Crippen LogP contribution in [0.3, 0.4) is 0 Å². The van der Waals surface area contributed by atoms with Crippen LogP contribution in [-0.4, -0.2) is 166 Å². The number of nitrogens with one attached hydrogen (secondary N) is 2. The average molecular weight is 1050 g/mol. The van der Waals surface area contributed by atoms with Gasteiger partial charge < -0.3 is 44.1 Å². The lowest BCUT2D eigenvalue weighted by molar-refractivity contribution is -0.164. The first-order valence-electron chi connectivity index (χ1n) is 26.0. The lowest BCUT2D eigenvalue weighted by Gasteiger charge is -2.46. The molecule has 1 unspecified atom stereocenters. The van der Waals surface area contributed by atoms with Crippen molar-refractivity contribution in [1.29, 1.82) is 0 Å². The number of fused-ring (bicyclic) bond motifs is 6. The summed E-state index contributed by atoms with van der Waals surface area (Å²) in [4.78, 5) is 73.8. The number of likely N-dealkylation sites (tertiary alicyclic amines) is 2. The molecule has 6 aliphatic rings. The van der Waals surface area contributed by atoms with Crippen LogP contribution < -0.4 is 15.6 Å². The smallest absolute Gasteiger partial charge is 0.272 e. The number of ether oxygens (including phenoxy) is 2. The Kier molecular flexibility index (Phi) is 14.5. The summed E-state index contributed by atoms with van der Waals surface area (Å²) in [5.41, 5.74) is 9.11. The maximum atomic E-state index is 14.8. The third-order valence-corrected chi connectivity index (χ3v) is 17.2. The Hall–Kier alpha value is -4.76. The predicted octanol–water partition coefficient (Wildman–Crippen LogP) is 5.29. The molecule has 1 spiro atoms. The summed E-state index contributed by atoms with van der Waals surface area (Å²) in [5, 5.41) is 20.1. The number of thiazole rings is 1. The van der Waals surface area contributed by atoms with Crippen LogP contribution in [0.2, 0.25) is 0 Å². The van der Waals surface area contributed by atoms with E-state index in [-0.39, 0.29) is 50.6 Å². The Balaban J connectivity index is 1.03. The summed E-state index contributed by atoms with van der Waals surface area (Å²) < 4.78 is 28.6. The molecule has 6 aliphatic heterocycles. The largest absolute Gasteiger partial charge is 0.375 e. The number of hydrogen-bond donors (Lipinski definition) is 3. The molecule has 20 heteroatoms. The zero-order valence-electron chi connectivity index (χ0n) is 43.1. The van der Waals surface area contributed by atoms with E-state index < -0.39 is 58.6 Å². The maximum absolute atomic E-state index is 14.8. The number of piperazine rings is 1. The fraction of sp³-hybridized carbons (Fsp3) is 0.623. The van der Waals surface area contributed by atoms with Gasteiger partial charge >= 0.3 is 0 Å². The van der Waals surface area contributed by atoms with E-state index in [2.05, 4.69) is 71.1 Å². The highest BCUT2D eigenvalue weighted by molar-refractivity contribution is 7.10. The van der Waals surface area contributed by atoms with Crippen LogP contribution in [0, 0.1) is 16.7 Å². The molecule has 3 N–H and O–H groups in total. The lowest BCUT2D eigenvalue weighted by atomic mass is 9.78. The number of aliphatic hydroxyl groups is 1. The van der Waals surface area contributed by atoms with Crippen molar-refractivity contribution in [1.82, 2.24) is 45.0 Å². The highest BCUT2D eigenvalue weighted by Gasteiger charge is 2.58. The molecule has 73 heavy (non-hydrogen) atoms. The zero-order chi connectivity index (χ0) is 51.7. The highest BCUT2D eigenvalue weighted by Crippen LogP contribution is 2.46. The summed E-state index contributed by atoms with van der Waals surface area (Å²) in [6.45, 7) is 15.5. The number of aryl methyl sites for hydroxylation is 2. The van der Waals surface area contributed by atoms with Gasteiger partial charge in [0.1, 0.15) is 12.1 Å². The number of amides is 4. The van der Waals surface area contributed by atoms with Crippen molar-refractivity contribution in [3.05, 3.63) is 51.6 Å². The first-order valence-corrected chi connectivity index (χ1v) is 27.3. The summed E-state index contributed by atoms with van der Waals surface area (Å²) in [6, 6.07) is 4.19. The average Bonchev–Trinajstić information content (AvgIpc) is 4.06. The van der Waals surface area contributed by atoms with Gasteiger partial charge in [-0.15, -0.1) is 11.3 Å². The van der Waals surface area contributed by atoms with Gasteiger partial charge in [-0.1, -0.05) is 39.3 Å². The van der Waals surface area contributed by atoms with Gasteiger partial charge in [0.05, 0.1) is 63.7 Å².